The van der Waals surface area contributed by atoms with Gasteiger partial charge in [-0.05, 0) is 41.6 Å². The Bertz CT molecular complexity index is 165. The lowest BCUT2D eigenvalue weighted by molar-refractivity contribution is -0.127. The van der Waals surface area contributed by atoms with Crippen LogP contribution >= 0.6 is 35.1 Å². The van der Waals surface area contributed by atoms with E-state index < -0.39 is 10.5 Å². The second kappa shape index (κ2) is 6.64. The van der Waals surface area contributed by atoms with E-state index in [0.29, 0.717) is 0 Å². The highest BCUT2D eigenvalue weighted by Gasteiger charge is 2.01. The third kappa shape index (κ3) is 7.84. The smallest absolute Gasteiger partial charge is 0.271 e. The van der Waals surface area contributed by atoms with Gasteiger partial charge in [0, 0.05) is 12.0 Å². The van der Waals surface area contributed by atoms with Gasteiger partial charge in [-0.1, -0.05) is 0 Å². The number of carbonyl (C=O) groups excluding carboxylic acids is 2. The second-order valence-electron chi connectivity index (χ2n) is 1.46. The molecule has 0 bridgehead atoms. The molecule has 0 aromatic carbocycles. The minimum absolute atomic E-state index is 1.14. The van der Waals surface area contributed by atoms with Gasteiger partial charge in [-0.2, -0.15) is 0 Å². The Morgan fingerprint density at radius 3 is 2.00 bits per heavy atom. The summed E-state index contributed by atoms with van der Waals surface area (Å²) in [5.41, 5.74) is 0. The number of nitrogens with zero attached hydrogens (tertiary/aromatic N) is 1. The maximum absolute atomic E-state index is 9.43. The van der Waals surface area contributed by atoms with Crippen LogP contribution in [-0.2, 0) is 9.59 Å². The fourth-order valence-corrected chi connectivity index (χ4v) is 0.791. The standard InChI is InChI=1S/C3H5NS.C2Cl2O2/c1-2-4-5-3-1;3-1(5)2(4)6/h2H,1,3H2;. The van der Waals surface area contributed by atoms with E-state index in [4.69, 9.17) is 0 Å². The maximum atomic E-state index is 9.43. The summed E-state index contributed by atoms with van der Waals surface area (Å²) in [4.78, 5) is 18.9. The lowest BCUT2D eigenvalue weighted by Gasteiger charge is -1.67. The quantitative estimate of drug-likeness (QED) is 0.378. The summed E-state index contributed by atoms with van der Waals surface area (Å²) in [7, 11) is 0. The van der Waals surface area contributed by atoms with Crippen molar-refractivity contribution < 1.29 is 9.59 Å². The predicted molar refractivity (Wildman–Crippen MR) is 47.3 cm³/mol. The molecule has 6 heteroatoms. The number of carbonyl (C=O) groups is 2. The van der Waals surface area contributed by atoms with Crippen molar-refractivity contribution in [3.8, 4) is 0 Å². The SMILES string of the molecule is C1=NSCC1.O=C(Cl)C(=O)Cl. The van der Waals surface area contributed by atoms with Gasteiger partial charge in [-0.15, -0.1) is 0 Å². The van der Waals surface area contributed by atoms with Crippen LogP contribution < -0.4 is 0 Å². The molecular weight excluding hydrogens is 209 g/mol. The van der Waals surface area contributed by atoms with E-state index in [-0.39, 0.29) is 0 Å². The first-order valence-electron chi connectivity index (χ1n) is 2.67. The van der Waals surface area contributed by atoms with Crippen molar-refractivity contribution in [2.45, 2.75) is 6.42 Å². The van der Waals surface area contributed by atoms with Gasteiger partial charge >= 0.3 is 10.5 Å². The van der Waals surface area contributed by atoms with Crippen LogP contribution in [0.5, 0.6) is 0 Å². The molecule has 3 nitrogen and oxygen atoms in total. The van der Waals surface area contributed by atoms with Gasteiger partial charge in [0.05, 0.1) is 0 Å². The van der Waals surface area contributed by atoms with Crippen molar-refractivity contribution in [1.29, 1.82) is 0 Å². The highest BCUT2D eigenvalue weighted by molar-refractivity contribution is 7.98. The van der Waals surface area contributed by atoms with Crippen molar-refractivity contribution in [2.24, 2.45) is 4.40 Å². The zero-order valence-electron chi connectivity index (χ0n) is 5.42. The third-order valence-corrected chi connectivity index (χ3v) is 1.80. The molecule has 1 aliphatic heterocycles. The van der Waals surface area contributed by atoms with Crippen LogP contribution in [0.15, 0.2) is 4.40 Å². The van der Waals surface area contributed by atoms with E-state index in [2.05, 4.69) is 27.6 Å². The lowest BCUT2D eigenvalue weighted by Crippen LogP contribution is -1.94. The molecule has 0 aliphatic carbocycles. The molecule has 1 rings (SSSR count). The van der Waals surface area contributed by atoms with E-state index in [1.54, 1.807) is 11.9 Å². The average Bonchev–Trinajstić information content (AvgIpc) is 2.41. The van der Waals surface area contributed by atoms with E-state index in [0.717, 1.165) is 0 Å². The summed E-state index contributed by atoms with van der Waals surface area (Å²) in [6.07, 6.45) is 3.12. The lowest BCUT2D eigenvalue weighted by atomic mass is 10.6. The minimum Gasteiger partial charge on any atom is -0.271 e. The second-order valence-corrected chi connectivity index (χ2v) is 3.02. The van der Waals surface area contributed by atoms with Crippen molar-refractivity contribution in [3.63, 3.8) is 0 Å². The van der Waals surface area contributed by atoms with Gasteiger partial charge < -0.3 is 0 Å². The van der Waals surface area contributed by atoms with Crippen LogP contribution in [0.25, 0.3) is 0 Å². The Kier molecular flexibility index (Phi) is 6.60. The summed E-state index contributed by atoms with van der Waals surface area (Å²) in [6, 6.07) is 0. The van der Waals surface area contributed by atoms with Crippen LogP contribution in [0.3, 0.4) is 0 Å². The van der Waals surface area contributed by atoms with E-state index in [1.807, 2.05) is 6.21 Å². The van der Waals surface area contributed by atoms with Crippen molar-refractivity contribution in [3.05, 3.63) is 0 Å². The summed E-state index contributed by atoms with van der Waals surface area (Å²) in [5.74, 6) is 1.19. The topological polar surface area (TPSA) is 46.5 Å². The molecule has 0 aromatic rings. The molecule has 0 amide bonds. The van der Waals surface area contributed by atoms with Crippen LogP contribution in [0.2, 0.25) is 0 Å². The molecule has 1 aliphatic rings. The molecular formula is C5H5Cl2NO2S. The molecule has 0 saturated carbocycles. The molecule has 0 aromatic heterocycles. The molecule has 11 heavy (non-hydrogen) atoms. The van der Waals surface area contributed by atoms with E-state index >= 15 is 0 Å². The molecule has 0 unspecified atom stereocenters. The molecule has 1 heterocycles. The first-order chi connectivity index (χ1) is 5.14. The van der Waals surface area contributed by atoms with E-state index in [9.17, 15) is 9.59 Å². The zero-order chi connectivity index (χ0) is 8.69. The number of hydrogen-bond donors (Lipinski definition) is 0. The summed E-state index contributed by atoms with van der Waals surface area (Å²) >= 11 is 10.6. The Morgan fingerprint density at radius 1 is 1.36 bits per heavy atom. The highest BCUT2D eigenvalue weighted by atomic mass is 35.5. The van der Waals surface area contributed by atoms with E-state index in [1.165, 1.54) is 12.2 Å². The zero-order valence-corrected chi connectivity index (χ0v) is 7.75. The van der Waals surface area contributed by atoms with Crippen molar-refractivity contribution in [1.82, 2.24) is 0 Å². The summed E-state index contributed by atoms with van der Waals surface area (Å²) in [6.45, 7) is 0. The monoisotopic (exact) mass is 213 g/mol. The highest BCUT2D eigenvalue weighted by Crippen LogP contribution is 2.07. The molecule has 0 fully saturated rings. The Hall–Kier alpha value is -0.0600. The minimum atomic E-state index is -1.14. The Balaban J connectivity index is 0.000000183. The van der Waals surface area contributed by atoms with Crippen LogP contribution in [0.1, 0.15) is 6.42 Å². The van der Waals surface area contributed by atoms with Crippen LogP contribution in [-0.4, -0.2) is 22.5 Å². The normalized spacial score (nSPS) is 13.6. The fraction of sp³-hybridized carbons (Fsp3) is 0.400. The van der Waals surface area contributed by atoms with Gasteiger partial charge in [0.25, 0.3) is 0 Å². The molecule has 62 valence electrons. The average molecular weight is 214 g/mol. The first-order valence-corrected chi connectivity index (χ1v) is 4.37. The van der Waals surface area contributed by atoms with Crippen LogP contribution in [0, 0.1) is 0 Å². The largest absolute Gasteiger partial charge is 0.304 e. The predicted octanol–water partition coefficient (Wildman–Crippen LogP) is 1.63. The number of rotatable bonds is 1. The first kappa shape index (κ1) is 10.9. The summed E-state index contributed by atoms with van der Waals surface area (Å²) < 4.78 is 3.88. The van der Waals surface area contributed by atoms with Crippen LogP contribution in [0.4, 0.5) is 0 Å². The number of hydrogen-bond acceptors (Lipinski definition) is 4. The molecule has 0 radical (unpaired) electrons. The van der Waals surface area contributed by atoms with Crippen molar-refractivity contribution >= 4 is 51.8 Å². The van der Waals surface area contributed by atoms with Gasteiger partial charge in [0.1, 0.15) is 0 Å². The molecule has 0 atom stereocenters. The van der Waals surface area contributed by atoms with Gasteiger partial charge in [-0.3, -0.25) is 9.59 Å². The molecule has 0 N–H and O–H groups in total. The summed E-state index contributed by atoms with van der Waals surface area (Å²) in [5, 5.41) is -2.28. The van der Waals surface area contributed by atoms with Gasteiger partial charge in [0.15, 0.2) is 0 Å². The Morgan fingerprint density at radius 2 is 1.91 bits per heavy atom. The van der Waals surface area contributed by atoms with Gasteiger partial charge in [0.2, 0.25) is 0 Å². The number of halogens is 2. The third-order valence-electron chi connectivity index (χ3n) is 0.642. The van der Waals surface area contributed by atoms with Gasteiger partial charge in [-0.25, -0.2) is 4.40 Å². The van der Waals surface area contributed by atoms with Crippen molar-refractivity contribution in [2.75, 3.05) is 5.75 Å². The molecule has 0 spiro atoms. The Labute approximate surface area is 78.3 Å². The molecule has 0 saturated heterocycles. The maximum Gasteiger partial charge on any atom is 0.304 e. The fourth-order valence-electron chi connectivity index (χ4n) is 0.264.